The van der Waals surface area contributed by atoms with E-state index in [0.717, 1.165) is 11.1 Å². The standard InChI is InChI=1S/C16H16O4/c1-10(2)5-6-11-13(18-3)9-14-12(16(11)19-4)7-8-15(17)20-14/h5-9H,1H2,2-4H3. The van der Waals surface area contributed by atoms with E-state index in [1.807, 2.05) is 19.1 Å². The number of benzene rings is 1. The summed E-state index contributed by atoms with van der Waals surface area (Å²) in [6.07, 6.45) is 3.73. The molecule has 104 valence electrons. The van der Waals surface area contributed by atoms with Gasteiger partial charge in [-0.05, 0) is 19.1 Å². The monoisotopic (exact) mass is 272 g/mol. The number of hydrogen-bond acceptors (Lipinski definition) is 4. The van der Waals surface area contributed by atoms with Crippen LogP contribution in [0.15, 0.2) is 45.6 Å². The molecule has 0 atom stereocenters. The fourth-order valence-corrected chi connectivity index (χ4v) is 1.95. The van der Waals surface area contributed by atoms with Gasteiger partial charge in [-0.3, -0.25) is 0 Å². The van der Waals surface area contributed by atoms with Crippen molar-refractivity contribution in [2.45, 2.75) is 6.92 Å². The summed E-state index contributed by atoms with van der Waals surface area (Å²) in [5, 5.41) is 0.717. The van der Waals surface area contributed by atoms with Crippen molar-refractivity contribution in [1.29, 1.82) is 0 Å². The highest BCUT2D eigenvalue weighted by molar-refractivity contribution is 5.90. The van der Waals surface area contributed by atoms with Crippen molar-refractivity contribution in [3.05, 3.63) is 52.4 Å². The van der Waals surface area contributed by atoms with Gasteiger partial charge in [-0.1, -0.05) is 18.2 Å². The van der Waals surface area contributed by atoms with Crippen LogP contribution in [0.4, 0.5) is 0 Å². The third kappa shape index (κ3) is 2.59. The van der Waals surface area contributed by atoms with E-state index in [2.05, 4.69) is 6.58 Å². The number of methoxy groups -OCH3 is 2. The zero-order valence-electron chi connectivity index (χ0n) is 11.7. The molecule has 1 aromatic carbocycles. The van der Waals surface area contributed by atoms with Gasteiger partial charge in [-0.2, -0.15) is 0 Å². The lowest BCUT2D eigenvalue weighted by molar-refractivity contribution is 0.394. The molecule has 1 aromatic heterocycles. The normalized spacial score (nSPS) is 10.9. The zero-order valence-corrected chi connectivity index (χ0v) is 11.7. The van der Waals surface area contributed by atoms with Crippen molar-refractivity contribution in [1.82, 2.24) is 0 Å². The van der Waals surface area contributed by atoms with Crippen molar-refractivity contribution in [2.75, 3.05) is 14.2 Å². The molecule has 0 aliphatic carbocycles. The highest BCUT2D eigenvalue weighted by atomic mass is 16.5. The zero-order chi connectivity index (χ0) is 14.7. The summed E-state index contributed by atoms with van der Waals surface area (Å²) in [6.45, 7) is 5.73. The molecule has 4 heteroatoms. The Bertz CT molecular complexity index is 738. The Balaban J connectivity index is 2.80. The Kier molecular flexibility index (Phi) is 3.94. The summed E-state index contributed by atoms with van der Waals surface area (Å²) in [7, 11) is 3.12. The highest BCUT2D eigenvalue weighted by Gasteiger charge is 2.14. The van der Waals surface area contributed by atoms with E-state index in [1.54, 1.807) is 26.4 Å². The fraction of sp³-hybridized carbons (Fsp3) is 0.188. The molecule has 0 fully saturated rings. The predicted octanol–water partition coefficient (Wildman–Crippen LogP) is 3.40. The first-order chi connectivity index (χ1) is 9.56. The summed E-state index contributed by atoms with van der Waals surface area (Å²) < 4.78 is 16.0. The van der Waals surface area contributed by atoms with Crippen molar-refractivity contribution >= 4 is 17.0 Å². The Morgan fingerprint density at radius 3 is 2.65 bits per heavy atom. The van der Waals surface area contributed by atoms with Gasteiger partial charge >= 0.3 is 5.63 Å². The van der Waals surface area contributed by atoms with Crippen molar-refractivity contribution in [2.24, 2.45) is 0 Å². The number of allylic oxidation sites excluding steroid dienone is 2. The molecule has 0 saturated heterocycles. The first kappa shape index (κ1) is 13.9. The van der Waals surface area contributed by atoms with Crippen LogP contribution in [0.25, 0.3) is 17.0 Å². The van der Waals surface area contributed by atoms with E-state index in [0.29, 0.717) is 22.5 Å². The van der Waals surface area contributed by atoms with Gasteiger partial charge in [0.15, 0.2) is 0 Å². The summed E-state index contributed by atoms with van der Waals surface area (Å²) >= 11 is 0. The van der Waals surface area contributed by atoms with Crippen molar-refractivity contribution in [3.63, 3.8) is 0 Å². The van der Waals surface area contributed by atoms with Crippen LogP contribution in [-0.2, 0) is 0 Å². The van der Waals surface area contributed by atoms with Crippen LogP contribution in [0.2, 0.25) is 0 Å². The second-order valence-electron chi connectivity index (χ2n) is 4.37. The van der Waals surface area contributed by atoms with E-state index in [1.165, 1.54) is 6.07 Å². The van der Waals surface area contributed by atoms with Gasteiger partial charge in [0.2, 0.25) is 0 Å². The molecule has 0 saturated carbocycles. The van der Waals surface area contributed by atoms with Crippen LogP contribution in [0.1, 0.15) is 12.5 Å². The van der Waals surface area contributed by atoms with Crippen LogP contribution < -0.4 is 15.1 Å². The topological polar surface area (TPSA) is 48.7 Å². The third-order valence-electron chi connectivity index (χ3n) is 2.84. The van der Waals surface area contributed by atoms with Crippen molar-refractivity contribution < 1.29 is 13.9 Å². The average molecular weight is 272 g/mol. The molecular formula is C16H16O4. The molecule has 0 radical (unpaired) electrons. The first-order valence-electron chi connectivity index (χ1n) is 6.09. The smallest absolute Gasteiger partial charge is 0.336 e. The molecule has 0 aliphatic heterocycles. The van der Waals surface area contributed by atoms with E-state index < -0.39 is 5.63 Å². The van der Waals surface area contributed by atoms with Gasteiger partial charge in [-0.15, -0.1) is 0 Å². The lowest BCUT2D eigenvalue weighted by Crippen LogP contribution is -1.99. The van der Waals surface area contributed by atoms with Crippen LogP contribution in [0.5, 0.6) is 11.5 Å². The lowest BCUT2D eigenvalue weighted by atomic mass is 10.1. The average Bonchev–Trinajstić information content (AvgIpc) is 2.43. The van der Waals surface area contributed by atoms with E-state index >= 15 is 0 Å². The highest BCUT2D eigenvalue weighted by Crippen LogP contribution is 2.37. The minimum Gasteiger partial charge on any atom is -0.496 e. The molecule has 4 nitrogen and oxygen atoms in total. The molecule has 0 aliphatic rings. The van der Waals surface area contributed by atoms with Gasteiger partial charge in [-0.25, -0.2) is 4.79 Å². The molecule has 0 spiro atoms. The molecule has 0 N–H and O–H groups in total. The predicted molar refractivity (Wildman–Crippen MR) is 79.4 cm³/mol. The quantitative estimate of drug-likeness (QED) is 0.632. The molecule has 2 aromatic rings. The summed E-state index contributed by atoms with van der Waals surface area (Å²) in [6, 6.07) is 4.72. The van der Waals surface area contributed by atoms with Gasteiger partial charge < -0.3 is 13.9 Å². The minimum absolute atomic E-state index is 0.410. The van der Waals surface area contributed by atoms with Gasteiger partial charge in [0, 0.05) is 12.1 Å². The molecule has 0 unspecified atom stereocenters. The summed E-state index contributed by atoms with van der Waals surface area (Å²) in [4.78, 5) is 11.3. The van der Waals surface area contributed by atoms with Crippen molar-refractivity contribution in [3.8, 4) is 11.5 Å². The lowest BCUT2D eigenvalue weighted by Gasteiger charge is -2.12. The largest absolute Gasteiger partial charge is 0.496 e. The Morgan fingerprint density at radius 2 is 2.05 bits per heavy atom. The SMILES string of the molecule is C=C(C)C=Cc1c(OC)cc2oc(=O)ccc2c1OC. The molecule has 1 heterocycles. The summed E-state index contributed by atoms with van der Waals surface area (Å²) in [5.41, 5.74) is 1.71. The molecule has 0 bridgehead atoms. The van der Waals surface area contributed by atoms with Gasteiger partial charge in [0.05, 0.1) is 25.2 Å². The van der Waals surface area contributed by atoms with Gasteiger partial charge in [0.25, 0.3) is 0 Å². The number of ether oxygens (including phenoxy) is 2. The summed E-state index contributed by atoms with van der Waals surface area (Å²) in [5.74, 6) is 1.17. The maximum absolute atomic E-state index is 11.3. The van der Waals surface area contributed by atoms with Crippen LogP contribution in [-0.4, -0.2) is 14.2 Å². The van der Waals surface area contributed by atoms with Crippen LogP contribution >= 0.6 is 0 Å². The molecule has 2 rings (SSSR count). The number of rotatable bonds is 4. The van der Waals surface area contributed by atoms with Crippen LogP contribution in [0, 0.1) is 0 Å². The molecule has 0 amide bonds. The Morgan fingerprint density at radius 1 is 1.30 bits per heavy atom. The van der Waals surface area contributed by atoms with E-state index in [-0.39, 0.29) is 0 Å². The molecular weight excluding hydrogens is 256 g/mol. The van der Waals surface area contributed by atoms with E-state index in [9.17, 15) is 4.79 Å². The minimum atomic E-state index is -0.410. The Hall–Kier alpha value is -2.49. The first-order valence-corrected chi connectivity index (χ1v) is 6.09. The third-order valence-corrected chi connectivity index (χ3v) is 2.84. The number of fused-ring (bicyclic) bond motifs is 1. The fourth-order valence-electron chi connectivity index (χ4n) is 1.95. The van der Waals surface area contributed by atoms with Gasteiger partial charge in [0.1, 0.15) is 17.1 Å². The Labute approximate surface area is 116 Å². The number of hydrogen-bond donors (Lipinski definition) is 0. The molecule has 20 heavy (non-hydrogen) atoms. The van der Waals surface area contributed by atoms with E-state index in [4.69, 9.17) is 13.9 Å². The maximum atomic E-state index is 11.3. The van der Waals surface area contributed by atoms with Crippen LogP contribution in [0.3, 0.4) is 0 Å². The second-order valence-corrected chi connectivity index (χ2v) is 4.37. The second kappa shape index (κ2) is 5.65. The maximum Gasteiger partial charge on any atom is 0.336 e.